The summed E-state index contributed by atoms with van der Waals surface area (Å²) in [6.07, 6.45) is 0. The number of aromatic amines is 1. The van der Waals surface area contributed by atoms with Crippen LogP contribution < -0.4 is 0 Å². The van der Waals surface area contributed by atoms with Gasteiger partial charge in [-0.05, 0) is 42.9 Å². The maximum absolute atomic E-state index is 13.1. The Morgan fingerprint density at radius 3 is 2.79 bits per heavy atom. The Bertz CT molecular complexity index is 495. The van der Waals surface area contributed by atoms with Crippen LogP contribution in [0.25, 0.3) is 10.6 Å². The molecule has 2 nitrogen and oxygen atoms in total. The van der Waals surface area contributed by atoms with Gasteiger partial charge in [0.2, 0.25) is 0 Å². The minimum atomic E-state index is -0.249. The summed E-state index contributed by atoms with van der Waals surface area (Å²) in [5, 5.41) is 7.38. The quantitative estimate of drug-likeness (QED) is 0.756. The number of hydrogen-bond acceptors (Lipinski definition) is 3. The first-order chi connectivity index (χ1) is 6.65. The molecule has 0 amide bonds. The Morgan fingerprint density at radius 1 is 1.43 bits per heavy atom. The van der Waals surface area contributed by atoms with Crippen LogP contribution in [0, 0.1) is 16.7 Å². The molecule has 14 heavy (non-hydrogen) atoms. The van der Waals surface area contributed by atoms with E-state index in [0.717, 1.165) is 16.1 Å². The van der Waals surface area contributed by atoms with Crippen LogP contribution in [0.15, 0.2) is 18.2 Å². The van der Waals surface area contributed by atoms with E-state index in [1.54, 1.807) is 0 Å². The Hall–Kier alpha value is -1.07. The van der Waals surface area contributed by atoms with E-state index in [-0.39, 0.29) is 5.82 Å². The maximum atomic E-state index is 13.1. The SMILES string of the molecule is Cc1cc(F)cc(-c2n[nH]c(=S)s2)c1. The molecule has 0 aliphatic heterocycles. The fraction of sp³-hybridized carbons (Fsp3) is 0.111. The van der Waals surface area contributed by atoms with Crippen LogP contribution in [-0.2, 0) is 0 Å². The van der Waals surface area contributed by atoms with E-state index < -0.39 is 0 Å². The van der Waals surface area contributed by atoms with E-state index in [0.29, 0.717) is 3.95 Å². The molecule has 1 aromatic heterocycles. The Morgan fingerprint density at radius 2 is 2.21 bits per heavy atom. The van der Waals surface area contributed by atoms with Gasteiger partial charge in [0.25, 0.3) is 0 Å². The molecule has 1 heterocycles. The lowest BCUT2D eigenvalue weighted by molar-refractivity contribution is 0.627. The van der Waals surface area contributed by atoms with Crippen LogP contribution in [-0.4, -0.2) is 10.2 Å². The predicted molar refractivity (Wildman–Crippen MR) is 57.4 cm³/mol. The van der Waals surface area contributed by atoms with E-state index in [1.165, 1.54) is 23.5 Å². The number of rotatable bonds is 1. The number of nitrogens with zero attached hydrogens (tertiary/aromatic N) is 1. The minimum Gasteiger partial charge on any atom is -0.258 e. The number of hydrogen-bond donors (Lipinski definition) is 1. The molecule has 0 bridgehead atoms. The molecule has 0 aliphatic rings. The van der Waals surface area contributed by atoms with Gasteiger partial charge < -0.3 is 0 Å². The van der Waals surface area contributed by atoms with Crippen LogP contribution in [0.4, 0.5) is 4.39 Å². The highest BCUT2D eigenvalue weighted by Crippen LogP contribution is 2.23. The number of halogens is 1. The van der Waals surface area contributed by atoms with Crippen molar-refractivity contribution in [2.45, 2.75) is 6.92 Å². The van der Waals surface area contributed by atoms with Crippen molar-refractivity contribution in [1.29, 1.82) is 0 Å². The van der Waals surface area contributed by atoms with Crippen molar-refractivity contribution >= 4 is 23.6 Å². The molecule has 1 aromatic carbocycles. The number of benzene rings is 1. The second-order valence-corrected chi connectivity index (χ2v) is 4.60. The van der Waals surface area contributed by atoms with E-state index in [4.69, 9.17) is 12.2 Å². The molecular formula is C9H7FN2S2. The first-order valence-corrected chi connectivity index (χ1v) is 5.21. The van der Waals surface area contributed by atoms with Crippen molar-refractivity contribution < 1.29 is 4.39 Å². The van der Waals surface area contributed by atoms with Crippen molar-refractivity contribution in [2.24, 2.45) is 0 Å². The third-order valence-corrected chi connectivity index (χ3v) is 2.87. The monoisotopic (exact) mass is 226 g/mol. The molecule has 1 N–H and O–H groups in total. The van der Waals surface area contributed by atoms with Crippen molar-refractivity contribution in [2.75, 3.05) is 0 Å². The van der Waals surface area contributed by atoms with Gasteiger partial charge in [-0.3, -0.25) is 5.10 Å². The van der Waals surface area contributed by atoms with Crippen molar-refractivity contribution in [3.63, 3.8) is 0 Å². The Labute approximate surface area is 89.4 Å². The topological polar surface area (TPSA) is 28.7 Å². The molecule has 0 saturated carbocycles. The van der Waals surface area contributed by atoms with E-state index in [2.05, 4.69) is 10.2 Å². The second-order valence-electron chi connectivity index (χ2n) is 2.94. The van der Waals surface area contributed by atoms with Gasteiger partial charge in [-0.2, -0.15) is 5.10 Å². The summed E-state index contributed by atoms with van der Waals surface area (Å²) in [7, 11) is 0. The zero-order valence-electron chi connectivity index (χ0n) is 7.37. The summed E-state index contributed by atoms with van der Waals surface area (Å²) in [5.41, 5.74) is 1.64. The van der Waals surface area contributed by atoms with Crippen LogP contribution in [0.3, 0.4) is 0 Å². The lowest BCUT2D eigenvalue weighted by Crippen LogP contribution is -1.82. The van der Waals surface area contributed by atoms with Gasteiger partial charge in [-0.1, -0.05) is 11.3 Å². The summed E-state index contributed by atoms with van der Waals surface area (Å²) >= 11 is 6.24. The van der Waals surface area contributed by atoms with Gasteiger partial charge >= 0.3 is 0 Å². The third-order valence-electron chi connectivity index (χ3n) is 1.73. The second kappa shape index (κ2) is 3.59. The molecule has 0 saturated heterocycles. The van der Waals surface area contributed by atoms with Gasteiger partial charge in [-0.25, -0.2) is 4.39 Å². The predicted octanol–water partition coefficient (Wildman–Crippen LogP) is 3.32. The number of nitrogens with one attached hydrogen (secondary N) is 1. The third kappa shape index (κ3) is 1.88. The van der Waals surface area contributed by atoms with E-state index in [9.17, 15) is 4.39 Å². The normalized spacial score (nSPS) is 10.4. The van der Waals surface area contributed by atoms with Crippen LogP contribution >= 0.6 is 23.6 Å². The Kier molecular flexibility index (Phi) is 2.43. The van der Waals surface area contributed by atoms with Crippen LogP contribution in [0.2, 0.25) is 0 Å². The fourth-order valence-corrected chi connectivity index (χ4v) is 2.09. The molecular weight excluding hydrogens is 219 g/mol. The summed E-state index contributed by atoms with van der Waals surface area (Å²) < 4.78 is 13.7. The average Bonchev–Trinajstić information content (AvgIpc) is 2.50. The first kappa shape index (κ1) is 9.48. The van der Waals surface area contributed by atoms with Gasteiger partial charge in [-0.15, -0.1) is 0 Å². The Balaban J connectivity index is 2.56. The highest BCUT2D eigenvalue weighted by molar-refractivity contribution is 7.73. The molecule has 0 atom stereocenters. The van der Waals surface area contributed by atoms with E-state index in [1.807, 2.05) is 13.0 Å². The standard InChI is InChI=1S/C9H7FN2S2/c1-5-2-6(4-7(10)3-5)8-11-12-9(13)14-8/h2-4H,1H3,(H,12,13). The zero-order valence-corrected chi connectivity index (χ0v) is 9.01. The summed E-state index contributed by atoms with van der Waals surface area (Å²) in [4.78, 5) is 0. The first-order valence-electron chi connectivity index (χ1n) is 3.98. The van der Waals surface area contributed by atoms with Crippen LogP contribution in [0.5, 0.6) is 0 Å². The zero-order chi connectivity index (χ0) is 10.1. The summed E-state index contributed by atoms with van der Waals surface area (Å²) in [6.45, 7) is 1.85. The fourth-order valence-electron chi connectivity index (χ4n) is 1.21. The molecule has 2 rings (SSSR count). The average molecular weight is 226 g/mol. The van der Waals surface area contributed by atoms with Gasteiger partial charge in [0.15, 0.2) is 3.95 Å². The van der Waals surface area contributed by atoms with Crippen molar-refractivity contribution in [3.05, 3.63) is 33.5 Å². The molecule has 72 valence electrons. The van der Waals surface area contributed by atoms with Crippen LogP contribution in [0.1, 0.15) is 5.56 Å². The maximum Gasteiger partial charge on any atom is 0.176 e. The number of aryl methyl sites for hydroxylation is 1. The van der Waals surface area contributed by atoms with Crippen molar-refractivity contribution in [1.82, 2.24) is 10.2 Å². The summed E-state index contributed by atoms with van der Waals surface area (Å²) in [6, 6.07) is 4.81. The smallest absolute Gasteiger partial charge is 0.176 e. The molecule has 0 spiro atoms. The number of H-pyrrole nitrogens is 1. The minimum absolute atomic E-state index is 0.249. The summed E-state index contributed by atoms with van der Waals surface area (Å²) in [5.74, 6) is -0.249. The molecule has 2 aromatic rings. The lowest BCUT2D eigenvalue weighted by atomic mass is 10.1. The van der Waals surface area contributed by atoms with E-state index >= 15 is 0 Å². The van der Waals surface area contributed by atoms with Crippen molar-refractivity contribution in [3.8, 4) is 10.6 Å². The lowest BCUT2D eigenvalue weighted by Gasteiger charge is -1.98. The molecule has 0 radical (unpaired) electrons. The highest BCUT2D eigenvalue weighted by atomic mass is 32.1. The molecule has 0 aliphatic carbocycles. The van der Waals surface area contributed by atoms with Gasteiger partial charge in [0.05, 0.1) is 0 Å². The molecule has 0 unspecified atom stereocenters. The molecule has 5 heteroatoms. The van der Waals surface area contributed by atoms with Gasteiger partial charge in [0.1, 0.15) is 10.8 Å². The van der Waals surface area contributed by atoms with Gasteiger partial charge in [0, 0.05) is 5.56 Å². The largest absolute Gasteiger partial charge is 0.258 e. The number of aromatic nitrogens is 2. The highest BCUT2D eigenvalue weighted by Gasteiger charge is 2.04. The molecule has 0 fully saturated rings.